The number of ether oxygens (including phenoxy) is 2. The topological polar surface area (TPSA) is 107 Å². The van der Waals surface area contributed by atoms with Crippen LogP contribution in [-0.2, 0) is 14.8 Å². The molecule has 35 heavy (non-hydrogen) atoms. The lowest BCUT2D eigenvalue weighted by atomic mass is 10.2. The smallest absolute Gasteiger partial charge is 0.279 e. The number of halogens is 1. The Hall–Kier alpha value is -2.40. The van der Waals surface area contributed by atoms with E-state index in [2.05, 4.69) is 21.6 Å². The molecule has 0 spiro atoms. The van der Waals surface area contributed by atoms with Crippen LogP contribution in [-0.4, -0.2) is 43.8 Å². The molecule has 0 radical (unpaired) electrons. The number of rotatable bonds is 14. The Labute approximate surface area is 215 Å². The van der Waals surface area contributed by atoms with Crippen LogP contribution in [0.15, 0.2) is 43.1 Å². The molecule has 1 aliphatic rings. The fourth-order valence-corrected chi connectivity index (χ4v) is 4.38. The highest BCUT2D eigenvalue weighted by Crippen LogP contribution is 2.35. The van der Waals surface area contributed by atoms with Crippen LogP contribution in [0.3, 0.4) is 0 Å². The third-order valence-electron chi connectivity index (χ3n) is 5.11. The molecule has 8 nitrogen and oxygen atoms in total. The van der Waals surface area contributed by atoms with Gasteiger partial charge < -0.3 is 14.8 Å². The molecule has 0 saturated heterocycles. The molecule has 11 heteroatoms. The van der Waals surface area contributed by atoms with Crippen molar-refractivity contribution in [2.24, 2.45) is 5.92 Å². The predicted octanol–water partition coefficient (Wildman–Crippen LogP) is 4.78. The lowest BCUT2D eigenvalue weighted by molar-refractivity contribution is -0.121. The number of thiazole rings is 1. The Morgan fingerprint density at radius 2 is 2.14 bits per heavy atom. The molecule has 0 aliphatic heterocycles. The lowest BCUT2D eigenvalue weighted by Gasteiger charge is -2.12. The summed E-state index contributed by atoms with van der Waals surface area (Å²) >= 11 is 7.65. The molecule has 3 rings (SSSR count). The maximum atomic E-state index is 12.1. The quantitative estimate of drug-likeness (QED) is 0.335. The van der Waals surface area contributed by atoms with Crippen LogP contribution in [0.5, 0.6) is 16.7 Å². The van der Waals surface area contributed by atoms with E-state index in [0.717, 1.165) is 4.88 Å². The number of carbonyl (C=O) groups excluding carboxylic acids is 1. The van der Waals surface area contributed by atoms with Gasteiger partial charge in [-0.2, -0.15) is 0 Å². The molecular formula is C24H30ClN3O5S2. The minimum Gasteiger partial charge on any atom is -0.493 e. The number of nitrogens with one attached hydrogen (secondary N) is 2. The first-order valence-corrected chi connectivity index (χ1v) is 14.0. The van der Waals surface area contributed by atoms with Gasteiger partial charge in [0.2, 0.25) is 15.9 Å². The summed E-state index contributed by atoms with van der Waals surface area (Å²) in [5, 5.41) is 3.09. The Morgan fingerprint density at radius 3 is 2.80 bits per heavy atom. The summed E-state index contributed by atoms with van der Waals surface area (Å²) in [6.07, 6.45) is 9.26. The van der Waals surface area contributed by atoms with E-state index in [0.29, 0.717) is 34.2 Å². The van der Waals surface area contributed by atoms with E-state index < -0.39 is 21.3 Å². The number of benzene rings is 1. The van der Waals surface area contributed by atoms with Gasteiger partial charge in [-0.25, -0.2) is 18.1 Å². The summed E-state index contributed by atoms with van der Waals surface area (Å²) in [6, 6.07) is 4.89. The van der Waals surface area contributed by atoms with Crippen LogP contribution in [0, 0.1) is 5.92 Å². The molecule has 1 heterocycles. The van der Waals surface area contributed by atoms with Gasteiger partial charge in [0.15, 0.2) is 0 Å². The first-order valence-electron chi connectivity index (χ1n) is 11.3. The van der Waals surface area contributed by atoms with Gasteiger partial charge in [-0.1, -0.05) is 35.1 Å². The van der Waals surface area contributed by atoms with Gasteiger partial charge in [0, 0.05) is 25.2 Å². The second-order valence-electron chi connectivity index (χ2n) is 8.40. The SMILES string of the molecule is C=C[C@@H](/C=C/c1cnc(Oc2ccc(OCC3CC3)cc2Cl)s1)NC(=O)CCNS(=O)(=O)C(C)C. The largest absolute Gasteiger partial charge is 0.493 e. The molecule has 1 aliphatic carbocycles. The molecule has 0 unspecified atom stereocenters. The van der Waals surface area contributed by atoms with Gasteiger partial charge in [0.25, 0.3) is 5.19 Å². The maximum Gasteiger partial charge on any atom is 0.279 e. The van der Waals surface area contributed by atoms with Crippen LogP contribution in [0.4, 0.5) is 0 Å². The predicted molar refractivity (Wildman–Crippen MR) is 140 cm³/mol. The van der Waals surface area contributed by atoms with Gasteiger partial charge in [-0.15, -0.1) is 6.58 Å². The number of amides is 1. The molecular weight excluding hydrogens is 510 g/mol. The first-order chi connectivity index (χ1) is 16.7. The van der Waals surface area contributed by atoms with Gasteiger partial charge in [-0.05, 0) is 50.8 Å². The Bertz CT molecular complexity index is 1160. The summed E-state index contributed by atoms with van der Waals surface area (Å²) in [6.45, 7) is 7.63. The van der Waals surface area contributed by atoms with Crippen LogP contribution in [0.1, 0.15) is 38.0 Å². The minimum atomic E-state index is -3.40. The van der Waals surface area contributed by atoms with Crippen molar-refractivity contribution in [1.29, 1.82) is 0 Å². The second-order valence-corrected chi connectivity index (χ2v) is 12.2. The van der Waals surface area contributed by atoms with Crippen molar-refractivity contribution in [3.8, 4) is 16.7 Å². The van der Waals surface area contributed by atoms with Crippen LogP contribution in [0.2, 0.25) is 5.02 Å². The van der Waals surface area contributed by atoms with Crippen molar-refractivity contribution < 1.29 is 22.7 Å². The number of nitrogens with zero attached hydrogens (tertiary/aromatic N) is 1. The highest BCUT2D eigenvalue weighted by atomic mass is 35.5. The molecule has 1 aromatic carbocycles. The molecule has 1 aromatic heterocycles. The fourth-order valence-electron chi connectivity index (χ4n) is 2.76. The molecule has 1 amide bonds. The van der Waals surface area contributed by atoms with Crippen LogP contribution < -0.4 is 19.5 Å². The highest BCUT2D eigenvalue weighted by molar-refractivity contribution is 7.90. The molecule has 2 aromatic rings. The number of hydrogen-bond acceptors (Lipinski definition) is 7. The molecule has 2 N–H and O–H groups in total. The van der Waals surface area contributed by atoms with Crippen molar-refractivity contribution in [3.63, 3.8) is 0 Å². The molecule has 1 fully saturated rings. The zero-order valence-electron chi connectivity index (χ0n) is 19.7. The van der Waals surface area contributed by atoms with Crippen LogP contribution in [0.25, 0.3) is 6.08 Å². The summed E-state index contributed by atoms with van der Waals surface area (Å²) in [4.78, 5) is 17.2. The van der Waals surface area contributed by atoms with Crippen molar-refractivity contribution in [3.05, 3.63) is 53.0 Å². The molecule has 0 bridgehead atoms. The third kappa shape index (κ3) is 8.96. The van der Waals surface area contributed by atoms with Gasteiger partial charge in [-0.3, -0.25) is 4.79 Å². The second kappa shape index (κ2) is 12.5. The number of carbonyl (C=O) groups is 1. The van der Waals surface area contributed by atoms with Crippen molar-refractivity contribution in [2.45, 2.75) is 44.4 Å². The summed E-state index contributed by atoms with van der Waals surface area (Å²) in [5.41, 5.74) is 0. The summed E-state index contributed by atoms with van der Waals surface area (Å²) < 4.78 is 37.5. The normalized spacial score (nSPS) is 14.7. The molecule has 190 valence electrons. The van der Waals surface area contributed by atoms with Crippen molar-refractivity contribution in [1.82, 2.24) is 15.0 Å². The van der Waals surface area contributed by atoms with Crippen molar-refractivity contribution >= 4 is 44.9 Å². The zero-order valence-corrected chi connectivity index (χ0v) is 22.1. The fraction of sp³-hybridized carbons (Fsp3) is 0.417. The van der Waals surface area contributed by atoms with Gasteiger partial charge >= 0.3 is 0 Å². The summed E-state index contributed by atoms with van der Waals surface area (Å²) in [5.74, 6) is 1.57. The van der Waals surface area contributed by atoms with Crippen molar-refractivity contribution in [2.75, 3.05) is 13.2 Å². The standard InChI is InChI=1S/C24H30ClN3O5S2/c1-4-18(28-23(29)11-12-27-35(30,31)16(2)3)7-9-20-14-26-24(34-20)33-22-10-8-19(13-21(22)25)32-15-17-5-6-17/h4,7-10,13-14,16-18,27H,1,5-6,11-12,15H2,2-3H3,(H,28,29)/b9-7+/t18-/m0/s1. The van der Waals surface area contributed by atoms with E-state index in [9.17, 15) is 13.2 Å². The minimum absolute atomic E-state index is 0.0217. The van der Waals surface area contributed by atoms with E-state index in [1.54, 1.807) is 50.4 Å². The Kier molecular flexibility index (Phi) is 9.73. The highest BCUT2D eigenvalue weighted by Gasteiger charge is 2.22. The van der Waals surface area contributed by atoms with E-state index in [4.69, 9.17) is 21.1 Å². The van der Waals surface area contributed by atoms with E-state index in [1.165, 1.54) is 24.2 Å². The average molecular weight is 540 g/mol. The Morgan fingerprint density at radius 1 is 1.37 bits per heavy atom. The van der Waals surface area contributed by atoms with Crippen LogP contribution >= 0.6 is 22.9 Å². The van der Waals surface area contributed by atoms with Gasteiger partial charge in [0.1, 0.15) is 11.5 Å². The van der Waals surface area contributed by atoms with E-state index in [1.807, 2.05) is 6.07 Å². The number of aromatic nitrogens is 1. The molecule has 1 atom stereocenters. The van der Waals surface area contributed by atoms with Gasteiger partial charge in [0.05, 0.1) is 27.8 Å². The Balaban J connectivity index is 1.48. The lowest BCUT2D eigenvalue weighted by Crippen LogP contribution is -2.36. The van der Waals surface area contributed by atoms with E-state index >= 15 is 0 Å². The third-order valence-corrected chi connectivity index (χ3v) is 8.09. The number of sulfonamides is 1. The van der Waals surface area contributed by atoms with E-state index in [-0.39, 0.29) is 18.9 Å². The monoisotopic (exact) mass is 539 g/mol. The zero-order chi connectivity index (χ0) is 25.4. The average Bonchev–Trinajstić information content (AvgIpc) is 3.54. The molecule has 1 saturated carbocycles. The number of hydrogen-bond donors (Lipinski definition) is 2. The maximum absolute atomic E-state index is 12.1. The summed E-state index contributed by atoms with van der Waals surface area (Å²) in [7, 11) is -3.40. The first kappa shape index (κ1) is 27.2.